The lowest BCUT2D eigenvalue weighted by molar-refractivity contribution is -0.115. The maximum Gasteiger partial charge on any atom is 0.371 e. The number of hydrogen-bond donors (Lipinski definition) is 2. The van der Waals surface area contributed by atoms with Crippen molar-refractivity contribution >= 4 is 40.0 Å². The molecule has 0 atom stereocenters. The molecule has 2 aromatic heterocycles. The molecule has 0 aromatic carbocycles. The van der Waals surface area contributed by atoms with E-state index in [0.717, 1.165) is 0 Å². The second-order valence-corrected chi connectivity index (χ2v) is 5.86. The van der Waals surface area contributed by atoms with Crippen LogP contribution in [-0.4, -0.2) is 22.7 Å². The summed E-state index contributed by atoms with van der Waals surface area (Å²) in [6.07, 6.45) is 0.233. The van der Waals surface area contributed by atoms with Gasteiger partial charge in [0.1, 0.15) is 11.1 Å². The van der Waals surface area contributed by atoms with Crippen LogP contribution in [0.1, 0.15) is 22.5 Å². The highest BCUT2D eigenvalue weighted by Gasteiger charge is 2.11. The number of hydrogen-bond acceptors (Lipinski definition) is 6. The maximum atomic E-state index is 11.7. The van der Waals surface area contributed by atoms with Gasteiger partial charge in [0.2, 0.25) is 11.7 Å². The standard InChI is InChI=1S/C13H10N2O4S2/c14-7-8-3-5-21-12(8)15-10(16)4-6-20-11-2-1-9(19-11)13(17)18/h1-3,5H,4,6H2,(H,15,16)(H,17,18). The third kappa shape index (κ3) is 4.11. The van der Waals surface area contributed by atoms with Crippen LogP contribution in [0, 0.1) is 11.3 Å². The van der Waals surface area contributed by atoms with Crippen molar-refractivity contribution in [2.24, 2.45) is 0 Å². The van der Waals surface area contributed by atoms with Gasteiger partial charge in [-0.1, -0.05) is 11.8 Å². The summed E-state index contributed by atoms with van der Waals surface area (Å²) in [5.74, 6) is -1.00. The van der Waals surface area contributed by atoms with Gasteiger partial charge in [-0.3, -0.25) is 4.79 Å². The van der Waals surface area contributed by atoms with Crippen molar-refractivity contribution in [3.8, 4) is 6.07 Å². The SMILES string of the molecule is N#Cc1ccsc1NC(=O)CCSc1ccc(C(=O)O)o1. The predicted octanol–water partition coefficient (Wildman–Crippen LogP) is 3.03. The molecule has 2 rings (SSSR count). The Bertz CT molecular complexity index is 699. The van der Waals surface area contributed by atoms with E-state index in [2.05, 4.69) is 5.32 Å². The first kappa shape index (κ1) is 15.2. The molecule has 0 radical (unpaired) electrons. The van der Waals surface area contributed by atoms with Crippen molar-refractivity contribution in [1.29, 1.82) is 5.26 Å². The molecule has 0 fully saturated rings. The van der Waals surface area contributed by atoms with Crippen LogP contribution >= 0.6 is 23.1 Å². The first-order valence-corrected chi connectivity index (χ1v) is 7.70. The molecule has 2 heterocycles. The molecular formula is C13H10N2O4S2. The Morgan fingerprint density at radius 1 is 1.43 bits per heavy atom. The molecule has 1 amide bonds. The summed E-state index contributed by atoms with van der Waals surface area (Å²) in [5, 5.41) is 22.9. The molecule has 21 heavy (non-hydrogen) atoms. The summed E-state index contributed by atoms with van der Waals surface area (Å²) < 4.78 is 5.06. The minimum Gasteiger partial charge on any atom is -0.475 e. The molecular weight excluding hydrogens is 312 g/mol. The highest BCUT2D eigenvalue weighted by atomic mass is 32.2. The van der Waals surface area contributed by atoms with Crippen LogP contribution in [0.15, 0.2) is 33.1 Å². The van der Waals surface area contributed by atoms with Gasteiger partial charge in [-0.25, -0.2) is 4.79 Å². The lowest BCUT2D eigenvalue weighted by Gasteiger charge is -2.02. The van der Waals surface area contributed by atoms with Crippen LogP contribution in [0.25, 0.3) is 0 Å². The number of thioether (sulfide) groups is 1. The first-order chi connectivity index (χ1) is 10.1. The number of rotatable bonds is 6. The van der Waals surface area contributed by atoms with Crippen molar-refractivity contribution in [2.75, 3.05) is 11.1 Å². The molecule has 0 unspecified atom stereocenters. The van der Waals surface area contributed by atoms with Crippen LogP contribution < -0.4 is 5.32 Å². The number of carbonyl (C=O) groups excluding carboxylic acids is 1. The third-order valence-corrected chi connectivity index (χ3v) is 4.15. The molecule has 2 N–H and O–H groups in total. The molecule has 0 spiro atoms. The Labute approximate surface area is 128 Å². The van der Waals surface area contributed by atoms with Gasteiger partial charge in [-0.15, -0.1) is 11.3 Å². The molecule has 0 saturated heterocycles. The van der Waals surface area contributed by atoms with E-state index in [0.29, 0.717) is 21.4 Å². The first-order valence-electron chi connectivity index (χ1n) is 5.83. The van der Waals surface area contributed by atoms with E-state index in [1.807, 2.05) is 6.07 Å². The van der Waals surface area contributed by atoms with Crippen molar-refractivity contribution in [3.05, 3.63) is 34.9 Å². The fourth-order valence-electron chi connectivity index (χ4n) is 1.44. The number of furan rings is 1. The van der Waals surface area contributed by atoms with Gasteiger partial charge in [0.25, 0.3) is 0 Å². The number of anilines is 1. The second-order valence-electron chi connectivity index (χ2n) is 3.85. The summed E-state index contributed by atoms with van der Waals surface area (Å²) >= 11 is 2.55. The number of aromatic carboxylic acids is 1. The van der Waals surface area contributed by atoms with E-state index in [-0.39, 0.29) is 18.1 Å². The largest absolute Gasteiger partial charge is 0.475 e. The lowest BCUT2D eigenvalue weighted by atomic mass is 10.3. The van der Waals surface area contributed by atoms with Gasteiger partial charge in [-0.2, -0.15) is 5.26 Å². The Morgan fingerprint density at radius 2 is 2.24 bits per heavy atom. The lowest BCUT2D eigenvalue weighted by Crippen LogP contribution is -2.11. The molecule has 0 aliphatic heterocycles. The van der Waals surface area contributed by atoms with Crippen LogP contribution in [0.4, 0.5) is 5.00 Å². The van der Waals surface area contributed by atoms with Crippen molar-refractivity contribution in [2.45, 2.75) is 11.5 Å². The quantitative estimate of drug-likeness (QED) is 0.792. The Morgan fingerprint density at radius 3 is 2.90 bits per heavy atom. The number of carboxylic acids is 1. The van der Waals surface area contributed by atoms with Gasteiger partial charge >= 0.3 is 5.97 Å². The van der Waals surface area contributed by atoms with Crippen molar-refractivity contribution < 1.29 is 19.1 Å². The molecule has 2 aromatic rings. The number of carbonyl (C=O) groups is 2. The highest BCUT2D eigenvalue weighted by Crippen LogP contribution is 2.24. The normalized spacial score (nSPS) is 10.0. The molecule has 6 nitrogen and oxygen atoms in total. The van der Waals surface area contributed by atoms with Crippen molar-refractivity contribution in [1.82, 2.24) is 0 Å². The van der Waals surface area contributed by atoms with E-state index in [9.17, 15) is 9.59 Å². The van der Waals surface area contributed by atoms with E-state index in [1.54, 1.807) is 17.5 Å². The topological polar surface area (TPSA) is 103 Å². The third-order valence-electron chi connectivity index (χ3n) is 2.40. The number of carboxylic acid groups (broad SMARTS) is 1. The van der Waals surface area contributed by atoms with E-state index in [1.165, 1.54) is 29.2 Å². The summed E-state index contributed by atoms with van der Waals surface area (Å²) in [5.41, 5.74) is 0.443. The van der Waals surface area contributed by atoms with Crippen LogP contribution in [-0.2, 0) is 4.79 Å². The molecule has 0 aliphatic rings. The number of nitrogens with one attached hydrogen (secondary N) is 1. The average molecular weight is 322 g/mol. The zero-order valence-electron chi connectivity index (χ0n) is 10.7. The fraction of sp³-hybridized carbons (Fsp3) is 0.154. The van der Waals surface area contributed by atoms with Crippen LogP contribution in [0.3, 0.4) is 0 Å². The highest BCUT2D eigenvalue weighted by molar-refractivity contribution is 7.99. The number of nitriles is 1. The summed E-state index contributed by atoms with van der Waals surface area (Å²) in [4.78, 5) is 22.4. The summed E-state index contributed by atoms with van der Waals surface area (Å²) in [7, 11) is 0. The summed E-state index contributed by atoms with van der Waals surface area (Å²) in [6.45, 7) is 0. The molecule has 8 heteroatoms. The minimum absolute atomic E-state index is 0.126. The fourth-order valence-corrected chi connectivity index (χ4v) is 3.00. The Balaban J connectivity index is 1.79. The molecule has 108 valence electrons. The number of amides is 1. The van der Waals surface area contributed by atoms with Gasteiger partial charge in [-0.05, 0) is 23.6 Å². The monoisotopic (exact) mass is 322 g/mol. The zero-order chi connectivity index (χ0) is 15.2. The van der Waals surface area contributed by atoms with Crippen LogP contribution in [0.2, 0.25) is 0 Å². The van der Waals surface area contributed by atoms with Crippen molar-refractivity contribution in [3.63, 3.8) is 0 Å². The Kier molecular flexibility index (Phi) is 5.03. The number of thiophene rings is 1. The van der Waals surface area contributed by atoms with Gasteiger partial charge in [0.15, 0.2) is 5.09 Å². The van der Waals surface area contributed by atoms with E-state index < -0.39 is 5.97 Å². The second kappa shape index (κ2) is 6.97. The maximum absolute atomic E-state index is 11.7. The average Bonchev–Trinajstić information content (AvgIpc) is 3.07. The molecule has 0 aliphatic carbocycles. The number of nitrogens with zero attached hydrogens (tertiary/aromatic N) is 1. The van der Waals surface area contributed by atoms with Gasteiger partial charge in [0.05, 0.1) is 5.56 Å². The molecule has 0 bridgehead atoms. The van der Waals surface area contributed by atoms with E-state index >= 15 is 0 Å². The smallest absolute Gasteiger partial charge is 0.371 e. The summed E-state index contributed by atoms with van der Waals surface area (Å²) in [6, 6.07) is 6.57. The molecule has 0 saturated carbocycles. The van der Waals surface area contributed by atoms with Gasteiger partial charge in [0, 0.05) is 12.2 Å². The predicted molar refractivity (Wildman–Crippen MR) is 78.7 cm³/mol. The Hall–Kier alpha value is -2.24. The minimum atomic E-state index is -1.12. The van der Waals surface area contributed by atoms with Crippen LogP contribution in [0.5, 0.6) is 0 Å². The van der Waals surface area contributed by atoms with Gasteiger partial charge < -0.3 is 14.8 Å². The van der Waals surface area contributed by atoms with E-state index in [4.69, 9.17) is 14.8 Å². The zero-order valence-corrected chi connectivity index (χ0v) is 12.3.